The molecule has 0 spiro atoms. The fraction of sp³-hybridized carbons (Fsp3) is 0.500. The fourth-order valence-corrected chi connectivity index (χ4v) is 3.21. The fourth-order valence-electron chi connectivity index (χ4n) is 3.21. The zero-order valence-electron chi connectivity index (χ0n) is 9.65. The van der Waals surface area contributed by atoms with Crippen LogP contribution in [-0.4, -0.2) is 30.3 Å². The van der Waals surface area contributed by atoms with Crippen LogP contribution in [0.4, 0.5) is 0 Å². The van der Waals surface area contributed by atoms with Crippen molar-refractivity contribution in [3.05, 3.63) is 35.4 Å². The van der Waals surface area contributed by atoms with E-state index in [1.165, 1.54) is 11.1 Å². The third-order valence-electron chi connectivity index (χ3n) is 4.11. The Hall–Kier alpha value is -1.15. The summed E-state index contributed by atoms with van der Waals surface area (Å²) in [6.07, 6.45) is 2.96. The Morgan fingerprint density at radius 1 is 1.25 bits per heavy atom. The van der Waals surface area contributed by atoms with Crippen molar-refractivity contribution in [3.8, 4) is 0 Å². The molecule has 1 aliphatic heterocycles. The van der Waals surface area contributed by atoms with Crippen molar-refractivity contribution in [2.75, 3.05) is 13.6 Å². The van der Waals surface area contributed by atoms with Gasteiger partial charge < -0.3 is 4.90 Å². The van der Waals surface area contributed by atoms with Gasteiger partial charge in [0.2, 0.25) is 0 Å². The maximum absolute atomic E-state index is 12.1. The van der Waals surface area contributed by atoms with Gasteiger partial charge in [-0.2, -0.15) is 0 Å². The minimum Gasteiger partial charge on any atom is -0.302 e. The number of likely N-dealkylation sites (tertiary alicyclic amines) is 1. The summed E-state index contributed by atoms with van der Waals surface area (Å²) in [6.45, 7) is 0.933. The number of aryl methyl sites for hydroxylation is 1. The minimum absolute atomic E-state index is 0.142. The van der Waals surface area contributed by atoms with E-state index < -0.39 is 0 Å². The Balaban J connectivity index is 2.06. The molecule has 3 rings (SSSR count). The maximum Gasteiger partial charge on any atom is 0.143 e. The lowest BCUT2D eigenvalue weighted by atomic mass is 9.74. The van der Waals surface area contributed by atoms with Crippen LogP contribution in [0.15, 0.2) is 24.3 Å². The summed E-state index contributed by atoms with van der Waals surface area (Å²) >= 11 is 0. The van der Waals surface area contributed by atoms with Gasteiger partial charge in [0.1, 0.15) is 5.78 Å². The first-order valence-electron chi connectivity index (χ1n) is 6.08. The minimum atomic E-state index is 0.142. The summed E-state index contributed by atoms with van der Waals surface area (Å²) in [6, 6.07) is 8.90. The number of carbonyl (C=O) groups excluding carboxylic acids is 1. The second-order valence-corrected chi connectivity index (χ2v) is 4.98. The second-order valence-electron chi connectivity index (χ2n) is 4.98. The molecule has 0 aromatic heterocycles. The van der Waals surface area contributed by atoms with E-state index in [0.717, 1.165) is 19.4 Å². The third kappa shape index (κ3) is 1.40. The Morgan fingerprint density at radius 3 is 2.94 bits per heavy atom. The number of hydrogen-bond donors (Lipinski definition) is 0. The first-order chi connectivity index (χ1) is 7.77. The molecule has 2 atom stereocenters. The summed E-state index contributed by atoms with van der Waals surface area (Å²) in [4.78, 5) is 14.5. The lowest BCUT2D eigenvalue weighted by Crippen LogP contribution is -2.48. The lowest BCUT2D eigenvalue weighted by Gasteiger charge is -2.42. The molecule has 2 nitrogen and oxygen atoms in total. The molecule has 2 heteroatoms. The van der Waals surface area contributed by atoms with Crippen molar-refractivity contribution in [3.63, 3.8) is 0 Å². The molecule has 0 bridgehead atoms. The van der Waals surface area contributed by atoms with Gasteiger partial charge in [-0.15, -0.1) is 0 Å². The largest absolute Gasteiger partial charge is 0.302 e. The first-order valence-corrected chi connectivity index (χ1v) is 6.08. The Bertz CT molecular complexity index is 426. The molecule has 0 amide bonds. The number of fused-ring (bicyclic) bond motifs is 3. The van der Waals surface area contributed by atoms with Gasteiger partial charge in [0.25, 0.3) is 0 Å². The maximum atomic E-state index is 12.1. The van der Waals surface area contributed by atoms with E-state index in [2.05, 4.69) is 36.2 Å². The number of carbonyl (C=O) groups is 1. The highest BCUT2D eigenvalue weighted by molar-refractivity contribution is 5.88. The molecule has 2 aliphatic rings. The van der Waals surface area contributed by atoms with E-state index in [-0.39, 0.29) is 5.92 Å². The van der Waals surface area contributed by atoms with Crippen molar-refractivity contribution >= 4 is 5.78 Å². The molecule has 1 fully saturated rings. The summed E-state index contributed by atoms with van der Waals surface area (Å²) in [5, 5.41) is 0. The molecule has 0 N–H and O–H groups in total. The summed E-state index contributed by atoms with van der Waals surface area (Å²) in [5.74, 6) is 0.582. The molecule has 84 valence electrons. The number of rotatable bonds is 0. The smallest absolute Gasteiger partial charge is 0.143 e. The molecule has 1 aromatic rings. The number of ketones is 1. The summed E-state index contributed by atoms with van der Waals surface area (Å²) in [5.41, 5.74) is 2.67. The van der Waals surface area contributed by atoms with Crippen molar-refractivity contribution < 1.29 is 4.79 Å². The number of Topliss-reactive ketones (excluding diaryl/α,β-unsaturated/α-hetero) is 1. The zero-order valence-corrected chi connectivity index (χ0v) is 9.65. The molecule has 0 radical (unpaired) electrons. The van der Waals surface area contributed by atoms with Crippen LogP contribution in [-0.2, 0) is 11.2 Å². The van der Waals surface area contributed by atoms with Crippen LogP contribution in [0.5, 0.6) is 0 Å². The number of benzene rings is 1. The summed E-state index contributed by atoms with van der Waals surface area (Å²) in [7, 11) is 2.15. The molecule has 0 saturated carbocycles. The van der Waals surface area contributed by atoms with E-state index in [4.69, 9.17) is 0 Å². The second kappa shape index (κ2) is 3.70. The standard InChI is InChI=1S/C14H17NO/c1-15-9-8-13(16)14-11-5-3-2-4-10(11)6-7-12(14)15/h2-5,12,14H,6-9H2,1H3. The predicted molar refractivity (Wildman–Crippen MR) is 63.5 cm³/mol. The summed E-state index contributed by atoms with van der Waals surface area (Å²) < 4.78 is 0. The average molecular weight is 215 g/mol. The molecule has 1 heterocycles. The van der Waals surface area contributed by atoms with Gasteiger partial charge in [-0.05, 0) is 31.0 Å². The quantitative estimate of drug-likeness (QED) is 0.659. The Kier molecular flexibility index (Phi) is 2.32. The lowest BCUT2D eigenvalue weighted by molar-refractivity contribution is -0.125. The molecule has 1 saturated heterocycles. The molecule has 16 heavy (non-hydrogen) atoms. The van der Waals surface area contributed by atoms with Gasteiger partial charge in [0, 0.05) is 19.0 Å². The van der Waals surface area contributed by atoms with Crippen molar-refractivity contribution in [2.24, 2.45) is 0 Å². The van der Waals surface area contributed by atoms with E-state index in [9.17, 15) is 4.79 Å². The van der Waals surface area contributed by atoms with Crippen LogP contribution in [0.1, 0.15) is 29.9 Å². The highest BCUT2D eigenvalue weighted by Crippen LogP contribution is 2.37. The van der Waals surface area contributed by atoms with E-state index in [1.54, 1.807) is 0 Å². The molecular formula is C14H17NO. The first kappa shape index (κ1) is 10.0. The van der Waals surface area contributed by atoms with Crippen LogP contribution in [0.25, 0.3) is 0 Å². The van der Waals surface area contributed by atoms with Crippen molar-refractivity contribution in [1.29, 1.82) is 0 Å². The van der Waals surface area contributed by atoms with Gasteiger partial charge in [0.15, 0.2) is 0 Å². The van der Waals surface area contributed by atoms with Crippen LogP contribution < -0.4 is 0 Å². The number of nitrogens with zero attached hydrogens (tertiary/aromatic N) is 1. The average Bonchev–Trinajstić information content (AvgIpc) is 2.33. The van der Waals surface area contributed by atoms with Gasteiger partial charge in [0.05, 0.1) is 5.92 Å². The van der Waals surface area contributed by atoms with Gasteiger partial charge in [-0.25, -0.2) is 0 Å². The highest BCUT2D eigenvalue weighted by Gasteiger charge is 2.39. The SMILES string of the molecule is CN1CCC(=O)C2c3ccccc3CCC21. The molecule has 2 unspecified atom stereocenters. The van der Waals surface area contributed by atoms with Gasteiger partial charge in [-0.1, -0.05) is 24.3 Å². The van der Waals surface area contributed by atoms with Crippen molar-refractivity contribution in [2.45, 2.75) is 31.2 Å². The van der Waals surface area contributed by atoms with Gasteiger partial charge >= 0.3 is 0 Å². The topological polar surface area (TPSA) is 20.3 Å². The third-order valence-corrected chi connectivity index (χ3v) is 4.11. The predicted octanol–water partition coefficient (Wildman–Crippen LogP) is 1.99. The number of likely N-dealkylation sites (N-methyl/N-ethyl adjacent to an activating group) is 1. The Morgan fingerprint density at radius 2 is 2.06 bits per heavy atom. The highest BCUT2D eigenvalue weighted by atomic mass is 16.1. The zero-order chi connectivity index (χ0) is 11.1. The van der Waals surface area contributed by atoms with Crippen LogP contribution in [0.2, 0.25) is 0 Å². The molecular weight excluding hydrogens is 198 g/mol. The van der Waals surface area contributed by atoms with Crippen LogP contribution >= 0.6 is 0 Å². The van der Waals surface area contributed by atoms with E-state index in [0.29, 0.717) is 18.2 Å². The van der Waals surface area contributed by atoms with E-state index in [1.807, 2.05) is 0 Å². The molecule has 1 aliphatic carbocycles. The van der Waals surface area contributed by atoms with Gasteiger partial charge in [-0.3, -0.25) is 4.79 Å². The van der Waals surface area contributed by atoms with Crippen LogP contribution in [0.3, 0.4) is 0 Å². The Labute approximate surface area is 96.3 Å². The normalized spacial score (nSPS) is 29.7. The number of hydrogen-bond acceptors (Lipinski definition) is 2. The molecule has 1 aromatic carbocycles. The number of piperidine rings is 1. The monoisotopic (exact) mass is 215 g/mol. The van der Waals surface area contributed by atoms with Crippen molar-refractivity contribution in [1.82, 2.24) is 4.90 Å². The van der Waals surface area contributed by atoms with Crippen LogP contribution in [0, 0.1) is 0 Å². The van der Waals surface area contributed by atoms with E-state index >= 15 is 0 Å².